The largest absolute Gasteiger partial charge is 0.312 e. The number of thioether (sulfide) groups is 1. The summed E-state index contributed by atoms with van der Waals surface area (Å²) >= 11 is 1.64. The second kappa shape index (κ2) is 6.90. The third-order valence-corrected chi connectivity index (χ3v) is 3.38. The minimum absolute atomic E-state index is 0.821. The Hall–Kier alpha value is -1.69. The van der Waals surface area contributed by atoms with E-state index in [1.54, 1.807) is 18.8 Å². The number of hydrogen-bond acceptors (Lipinski definition) is 3. The van der Waals surface area contributed by atoms with Crippen molar-refractivity contribution in [2.24, 2.45) is 20.0 Å². The molecule has 0 radical (unpaired) electrons. The Morgan fingerprint density at radius 2 is 2.06 bits per heavy atom. The Balaban J connectivity index is 3.23. The van der Waals surface area contributed by atoms with Crippen molar-refractivity contribution in [1.82, 2.24) is 4.90 Å². The smallest absolute Gasteiger partial charge is 0.149 e. The van der Waals surface area contributed by atoms with Gasteiger partial charge >= 0.3 is 0 Å². The Morgan fingerprint density at radius 1 is 1.33 bits per heavy atom. The Kier molecular flexibility index (Phi) is 5.51. The molecule has 1 aliphatic heterocycles. The number of allylic oxidation sites excluding steroid dienone is 2. The van der Waals surface area contributed by atoms with Gasteiger partial charge in [-0.15, -0.1) is 0 Å². The summed E-state index contributed by atoms with van der Waals surface area (Å²) in [6.45, 7) is 7.39. The fraction of sp³-hybridized carbons (Fsp3) is 0.333. The van der Waals surface area contributed by atoms with Gasteiger partial charge < -0.3 is 4.90 Å². The van der Waals surface area contributed by atoms with E-state index in [-0.39, 0.29) is 0 Å². The molecule has 1 aliphatic rings. The summed E-state index contributed by atoms with van der Waals surface area (Å²) in [5, 5.41) is 0. The van der Waals surface area contributed by atoms with Crippen molar-refractivity contribution >= 4 is 37.0 Å². The first-order valence-electron chi connectivity index (χ1n) is 5.41. The summed E-state index contributed by atoms with van der Waals surface area (Å²) in [7, 11) is 3.61. The van der Waals surface area contributed by atoms with Gasteiger partial charge in [0.25, 0.3) is 0 Å². The number of rotatable bonds is 3. The quantitative estimate of drug-likeness (QED) is 0.580. The number of aliphatic imine (C=N–C) groups is 4. The van der Waals surface area contributed by atoms with Crippen LogP contribution in [-0.2, 0) is 0 Å². The Bertz CT molecular complexity index is 471. The molecule has 0 fully saturated rings. The number of likely N-dealkylation sites (N-methyl/N-ethyl adjacent to an activating group) is 1. The maximum atomic E-state index is 4.34. The number of nitrogens with zero attached hydrogens (tertiary/aromatic N) is 5. The molecule has 0 atom stereocenters. The molecule has 0 amide bonds. The number of hydrogen-bond donors (Lipinski definition) is 0. The maximum absolute atomic E-state index is 4.34. The van der Waals surface area contributed by atoms with Gasteiger partial charge in [-0.25, -0.2) is 9.98 Å². The van der Waals surface area contributed by atoms with Crippen molar-refractivity contribution in [3.8, 4) is 0 Å². The van der Waals surface area contributed by atoms with E-state index < -0.39 is 0 Å². The third kappa shape index (κ3) is 3.16. The van der Waals surface area contributed by atoms with Gasteiger partial charge in [-0.3, -0.25) is 9.98 Å². The Labute approximate surface area is 112 Å². The van der Waals surface area contributed by atoms with E-state index in [0.29, 0.717) is 0 Å². The van der Waals surface area contributed by atoms with E-state index in [1.165, 1.54) is 12.7 Å². The van der Waals surface area contributed by atoms with Gasteiger partial charge in [0.2, 0.25) is 0 Å². The molecular weight excluding hydrogens is 246 g/mol. The zero-order valence-corrected chi connectivity index (χ0v) is 11.9. The molecule has 18 heavy (non-hydrogen) atoms. The van der Waals surface area contributed by atoms with E-state index in [0.717, 1.165) is 21.5 Å². The number of amidine groups is 1. The van der Waals surface area contributed by atoms with E-state index in [9.17, 15) is 0 Å². The average molecular weight is 263 g/mol. The molecule has 1 heterocycles. The fourth-order valence-electron chi connectivity index (χ4n) is 1.48. The van der Waals surface area contributed by atoms with Crippen LogP contribution in [0, 0.1) is 0 Å². The highest BCUT2D eigenvalue weighted by Crippen LogP contribution is 2.36. The molecule has 0 aromatic rings. The van der Waals surface area contributed by atoms with Gasteiger partial charge in [-0.2, -0.15) is 0 Å². The predicted molar refractivity (Wildman–Crippen MR) is 81.7 cm³/mol. The lowest BCUT2D eigenvalue weighted by Gasteiger charge is -2.28. The van der Waals surface area contributed by atoms with Gasteiger partial charge in [0.1, 0.15) is 24.3 Å². The first-order chi connectivity index (χ1) is 8.65. The summed E-state index contributed by atoms with van der Waals surface area (Å²) in [5.74, 6) is 1.65. The minimum atomic E-state index is 0.821. The van der Waals surface area contributed by atoms with Crippen LogP contribution in [0.15, 0.2) is 41.7 Å². The highest BCUT2D eigenvalue weighted by atomic mass is 32.2. The molecule has 0 saturated heterocycles. The molecule has 0 aromatic carbocycles. The maximum Gasteiger partial charge on any atom is 0.149 e. The van der Waals surface area contributed by atoms with Crippen LogP contribution in [0.2, 0.25) is 0 Å². The second-order valence-electron chi connectivity index (χ2n) is 3.45. The summed E-state index contributed by atoms with van der Waals surface area (Å²) in [5.41, 5.74) is 0. The van der Waals surface area contributed by atoms with E-state index in [1.807, 2.05) is 31.9 Å². The molecule has 0 aliphatic carbocycles. The molecule has 0 spiro atoms. The molecule has 5 nitrogen and oxygen atoms in total. The van der Waals surface area contributed by atoms with Crippen molar-refractivity contribution in [3.05, 3.63) is 21.7 Å². The zero-order valence-electron chi connectivity index (χ0n) is 11.1. The van der Waals surface area contributed by atoms with Crippen LogP contribution in [0.4, 0.5) is 0 Å². The highest BCUT2D eigenvalue weighted by Gasteiger charge is 2.24. The van der Waals surface area contributed by atoms with Crippen LogP contribution in [0.25, 0.3) is 0 Å². The van der Waals surface area contributed by atoms with Crippen LogP contribution >= 0.6 is 11.8 Å². The van der Waals surface area contributed by atoms with Crippen LogP contribution in [0.1, 0.15) is 13.8 Å². The minimum Gasteiger partial charge on any atom is -0.312 e. The molecule has 0 aromatic heterocycles. The third-order valence-electron chi connectivity index (χ3n) is 2.25. The molecule has 0 bridgehead atoms. The lowest BCUT2D eigenvalue weighted by Crippen LogP contribution is -2.30. The molecular formula is C12H17N5S. The standard InChI is InChI=1S/C12H17N5S/c1-6-10-12(16-8-14-4)17(5)11(9(2)18-10)15-7-13-3/h6-8H,3H2,1-2,4-5H3/b10-6+,14-8?,15-7?,16-12?. The van der Waals surface area contributed by atoms with Crippen molar-refractivity contribution in [2.45, 2.75) is 13.8 Å². The van der Waals surface area contributed by atoms with Gasteiger partial charge in [-0.05, 0) is 20.6 Å². The van der Waals surface area contributed by atoms with Crippen molar-refractivity contribution in [1.29, 1.82) is 0 Å². The predicted octanol–water partition coefficient (Wildman–Crippen LogP) is 2.54. The molecule has 0 N–H and O–H groups in total. The fourth-order valence-corrected chi connectivity index (χ4v) is 2.49. The lowest BCUT2D eigenvalue weighted by molar-refractivity contribution is 0.615. The lowest BCUT2D eigenvalue weighted by atomic mass is 10.4. The van der Waals surface area contributed by atoms with Gasteiger partial charge in [0.15, 0.2) is 0 Å². The van der Waals surface area contributed by atoms with Crippen molar-refractivity contribution in [3.63, 3.8) is 0 Å². The zero-order chi connectivity index (χ0) is 13.5. The van der Waals surface area contributed by atoms with E-state index in [2.05, 4.69) is 26.7 Å². The summed E-state index contributed by atoms with van der Waals surface area (Å²) in [6, 6.07) is 0. The van der Waals surface area contributed by atoms with Crippen LogP contribution < -0.4 is 0 Å². The monoisotopic (exact) mass is 263 g/mol. The molecule has 1 rings (SSSR count). The van der Waals surface area contributed by atoms with Crippen LogP contribution in [0.3, 0.4) is 0 Å². The van der Waals surface area contributed by atoms with Crippen molar-refractivity contribution in [2.75, 3.05) is 14.1 Å². The average Bonchev–Trinajstić information content (AvgIpc) is 2.37. The second-order valence-corrected chi connectivity index (χ2v) is 4.70. The normalized spacial score (nSPS) is 21.9. The van der Waals surface area contributed by atoms with Gasteiger partial charge in [0.05, 0.1) is 4.91 Å². The molecule has 0 saturated carbocycles. The van der Waals surface area contributed by atoms with Crippen molar-refractivity contribution < 1.29 is 0 Å². The van der Waals surface area contributed by atoms with Crippen LogP contribution in [-0.4, -0.2) is 44.2 Å². The summed E-state index contributed by atoms with van der Waals surface area (Å²) < 4.78 is 0. The first-order valence-corrected chi connectivity index (χ1v) is 6.23. The van der Waals surface area contributed by atoms with E-state index in [4.69, 9.17) is 0 Å². The highest BCUT2D eigenvalue weighted by molar-refractivity contribution is 8.07. The molecule has 96 valence electrons. The van der Waals surface area contributed by atoms with Crippen LogP contribution in [0.5, 0.6) is 0 Å². The topological polar surface area (TPSA) is 52.7 Å². The van der Waals surface area contributed by atoms with Gasteiger partial charge in [0, 0.05) is 19.0 Å². The molecule has 0 unspecified atom stereocenters. The summed E-state index contributed by atoms with van der Waals surface area (Å²) in [4.78, 5) is 20.2. The Morgan fingerprint density at radius 3 is 2.61 bits per heavy atom. The van der Waals surface area contributed by atoms with Gasteiger partial charge in [-0.1, -0.05) is 17.8 Å². The molecule has 6 heteroatoms. The SMILES string of the molecule is C=NC=NC1=C(C)S/C(=C/C)C(=NC=NC)N1C. The summed E-state index contributed by atoms with van der Waals surface area (Å²) in [6.07, 6.45) is 4.99. The van der Waals surface area contributed by atoms with E-state index >= 15 is 0 Å². The first kappa shape index (κ1) is 14.4.